The molecular formula is C37H42F2N4O6S. The van der Waals surface area contributed by atoms with Gasteiger partial charge in [0.05, 0.1) is 42.6 Å². The first-order valence-corrected chi connectivity index (χ1v) is 17.9. The highest BCUT2D eigenvalue weighted by Gasteiger charge is 2.26. The number of halogens is 2. The highest BCUT2D eigenvalue weighted by Crippen LogP contribution is 2.30. The Morgan fingerprint density at radius 1 is 0.920 bits per heavy atom. The lowest BCUT2D eigenvalue weighted by Gasteiger charge is -2.26. The molecule has 4 aromatic rings. The van der Waals surface area contributed by atoms with Crippen molar-refractivity contribution in [1.82, 2.24) is 10.6 Å². The molecule has 0 radical (unpaired) electrons. The number of rotatable bonds is 17. The van der Waals surface area contributed by atoms with E-state index in [0.717, 1.165) is 34.3 Å². The summed E-state index contributed by atoms with van der Waals surface area (Å²) in [6.07, 6.45) is 0.454. The van der Waals surface area contributed by atoms with Crippen LogP contribution in [0, 0.1) is 11.6 Å². The molecule has 3 N–H and O–H groups in total. The number of nitrogens with one attached hydrogen (secondary N) is 2. The number of sulfonamides is 1. The van der Waals surface area contributed by atoms with E-state index in [1.165, 1.54) is 12.1 Å². The number of oxime groups is 1. The van der Waals surface area contributed by atoms with Crippen LogP contribution in [0.2, 0.25) is 0 Å². The van der Waals surface area contributed by atoms with Crippen LogP contribution in [0.3, 0.4) is 0 Å². The van der Waals surface area contributed by atoms with E-state index in [9.17, 15) is 27.1 Å². The molecule has 50 heavy (non-hydrogen) atoms. The van der Waals surface area contributed by atoms with Gasteiger partial charge < -0.3 is 25.3 Å². The second kappa shape index (κ2) is 17.7. The van der Waals surface area contributed by atoms with E-state index in [2.05, 4.69) is 15.8 Å². The number of aliphatic hydroxyl groups excluding tert-OH is 1. The van der Waals surface area contributed by atoms with Gasteiger partial charge in [-0.2, -0.15) is 0 Å². The molecule has 2 atom stereocenters. The molecule has 4 aromatic carbocycles. The number of hydrogen-bond acceptors (Lipinski definition) is 8. The number of amides is 1. The summed E-state index contributed by atoms with van der Waals surface area (Å²) in [6.45, 7) is 4.34. The molecule has 1 amide bonds. The molecule has 13 heteroatoms. The van der Waals surface area contributed by atoms with Crippen molar-refractivity contribution in [1.29, 1.82) is 0 Å². The van der Waals surface area contributed by atoms with E-state index >= 15 is 0 Å². The molecule has 0 aromatic heterocycles. The number of anilines is 2. The van der Waals surface area contributed by atoms with Gasteiger partial charge in [-0.1, -0.05) is 42.4 Å². The first-order valence-electron chi connectivity index (χ1n) is 16.0. The van der Waals surface area contributed by atoms with Crippen LogP contribution in [-0.4, -0.2) is 63.8 Å². The Morgan fingerprint density at radius 3 is 2.28 bits per heavy atom. The van der Waals surface area contributed by atoms with Gasteiger partial charge in [0.2, 0.25) is 10.0 Å². The molecule has 10 nitrogen and oxygen atoms in total. The maximum atomic E-state index is 14.2. The van der Waals surface area contributed by atoms with Crippen LogP contribution in [-0.2, 0) is 27.8 Å². The maximum absolute atomic E-state index is 14.2. The van der Waals surface area contributed by atoms with Crippen molar-refractivity contribution in [3.05, 3.63) is 125 Å². The number of ether oxygens (including phenoxy) is 1. The van der Waals surface area contributed by atoms with Crippen molar-refractivity contribution >= 4 is 33.0 Å². The zero-order chi connectivity index (χ0) is 36.3. The number of methoxy groups -OCH3 is 1. The van der Waals surface area contributed by atoms with Crippen molar-refractivity contribution < 1.29 is 36.7 Å². The quantitative estimate of drug-likeness (QED) is 0.0728. The molecule has 0 bridgehead atoms. The Hall–Kier alpha value is -4.85. The van der Waals surface area contributed by atoms with Crippen LogP contribution < -0.4 is 19.7 Å². The van der Waals surface area contributed by atoms with Crippen LogP contribution in [0.1, 0.15) is 47.3 Å². The number of carbonyl (C=O) groups excluding carboxylic acids is 1. The van der Waals surface area contributed by atoms with Gasteiger partial charge in [-0.15, -0.1) is 0 Å². The summed E-state index contributed by atoms with van der Waals surface area (Å²) >= 11 is 0. The highest BCUT2D eigenvalue weighted by molar-refractivity contribution is 7.92. The van der Waals surface area contributed by atoms with Crippen molar-refractivity contribution in [2.24, 2.45) is 5.16 Å². The number of aliphatic hydroxyl groups is 1. The standard InChI is InChI=1S/C37H42F2N4O6S/c1-5-14-49-42-25(2)28-19-29(21-33(20-28)43(50(4,46)47)32-11-7-6-8-12-32)37(45)41-35(18-27-15-30(38)22-31(39)16-27)36(44)24-40-23-26-10-9-13-34(17-26)48-3/h6-13,15-17,19-22,35-36,40,44H,5,14,18,23-24H2,1-4H3,(H,41,45)/t35-,36+/m0/s1. The summed E-state index contributed by atoms with van der Waals surface area (Å²) in [5.74, 6) is -1.58. The summed E-state index contributed by atoms with van der Waals surface area (Å²) in [4.78, 5) is 19.4. The maximum Gasteiger partial charge on any atom is 0.251 e. The summed E-state index contributed by atoms with van der Waals surface area (Å²) in [6, 6.07) is 22.3. The second-order valence-corrected chi connectivity index (χ2v) is 13.6. The first kappa shape index (κ1) is 38.0. The Balaban J connectivity index is 1.69. The van der Waals surface area contributed by atoms with Gasteiger partial charge in [0.15, 0.2) is 0 Å². The van der Waals surface area contributed by atoms with Crippen LogP contribution in [0.25, 0.3) is 0 Å². The molecule has 0 aliphatic rings. The molecule has 0 saturated heterocycles. The SMILES string of the molecule is CCCON=C(C)c1cc(C(=O)N[C@@H](Cc2cc(F)cc(F)c2)[C@H](O)CNCc2cccc(OC)c2)cc(N(c2ccccc2)S(C)(=O)=O)c1. The topological polar surface area (TPSA) is 130 Å². The van der Waals surface area contributed by atoms with Crippen molar-refractivity contribution in [2.45, 2.75) is 45.4 Å². The van der Waals surface area contributed by atoms with Crippen molar-refractivity contribution in [3.8, 4) is 5.75 Å². The van der Waals surface area contributed by atoms with Gasteiger partial charge in [0, 0.05) is 30.3 Å². The van der Waals surface area contributed by atoms with Crippen LogP contribution in [0.15, 0.2) is 96.2 Å². The molecular weight excluding hydrogens is 666 g/mol. The van der Waals surface area contributed by atoms with E-state index < -0.39 is 39.7 Å². The summed E-state index contributed by atoms with van der Waals surface area (Å²) < 4.78 is 61.0. The molecule has 0 saturated carbocycles. The minimum atomic E-state index is -3.90. The van der Waals surface area contributed by atoms with E-state index in [4.69, 9.17) is 9.57 Å². The lowest BCUT2D eigenvalue weighted by Crippen LogP contribution is -2.48. The van der Waals surface area contributed by atoms with Gasteiger partial charge in [-0.25, -0.2) is 21.5 Å². The number of nitrogens with zero attached hydrogens (tertiary/aromatic N) is 2. The zero-order valence-electron chi connectivity index (χ0n) is 28.4. The number of carbonyl (C=O) groups is 1. The Kier molecular flexibility index (Phi) is 13.4. The monoisotopic (exact) mass is 708 g/mol. The Labute approximate surface area is 291 Å². The zero-order valence-corrected chi connectivity index (χ0v) is 29.2. The molecule has 0 spiro atoms. The van der Waals surface area contributed by atoms with E-state index in [-0.39, 0.29) is 29.8 Å². The number of para-hydroxylation sites is 1. The minimum Gasteiger partial charge on any atom is -0.497 e. The molecule has 4 rings (SSSR count). The van der Waals surface area contributed by atoms with Crippen LogP contribution in [0.5, 0.6) is 5.75 Å². The molecule has 0 aliphatic carbocycles. The predicted octanol–water partition coefficient (Wildman–Crippen LogP) is 5.71. The first-order chi connectivity index (χ1) is 23.9. The van der Waals surface area contributed by atoms with Gasteiger partial charge in [0.25, 0.3) is 5.91 Å². The lowest BCUT2D eigenvalue weighted by atomic mass is 9.99. The molecule has 0 aliphatic heterocycles. The molecule has 266 valence electrons. The van der Waals surface area contributed by atoms with Gasteiger partial charge >= 0.3 is 0 Å². The van der Waals surface area contributed by atoms with Crippen LogP contribution >= 0.6 is 0 Å². The Morgan fingerprint density at radius 2 is 1.62 bits per heavy atom. The highest BCUT2D eigenvalue weighted by atomic mass is 32.2. The fourth-order valence-electron chi connectivity index (χ4n) is 5.26. The van der Waals surface area contributed by atoms with E-state index in [0.29, 0.717) is 42.3 Å². The van der Waals surface area contributed by atoms with Crippen molar-refractivity contribution in [2.75, 3.05) is 30.8 Å². The Bertz CT molecular complexity index is 1870. The molecule has 0 fully saturated rings. The second-order valence-electron chi connectivity index (χ2n) is 11.8. The third-order valence-corrected chi connectivity index (χ3v) is 8.71. The van der Waals surface area contributed by atoms with Crippen molar-refractivity contribution in [3.63, 3.8) is 0 Å². The van der Waals surface area contributed by atoms with E-state index in [1.54, 1.807) is 50.4 Å². The summed E-state index contributed by atoms with van der Waals surface area (Å²) in [5.41, 5.74) is 2.48. The minimum absolute atomic E-state index is 0.0155. The average molecular weight is 709 g/mol. The number of benzene rings is 4. The fourth-order valence-corrected chi connectivity index (χ4v) is 6.25. The lowest BCUT2D eigenvalue weighted by molar-refractivity contribution is 0.0829. The van der Waals surface area contributed by atoms with Crippen LogP contribution in [0.4, 0.5) is 20.2 Å². The molecule has 0 unspecified atom stereocenters. The molecule has 0 heterocycles. The average Bonchev–Trinajstić information content (AvgIpc) is 3.07. The summed E-state index contributed by atoms with van der Waals surface area (Å²) in [5, 5.41) is 21.4. The number of hydrogen-bond donors (Lipinski definition) is 3. The smallest absolute Gasteiger partial charge is 0.251 e. The van der Waals surface area contributed by atoms with E-state index in [1.807, 2.05) is 31.2 Å². The van der Waals surface area contributed by atoms with Gasteiger partial charge in [-0.05, 0) is 85.5 Å². The largest absolute Gasteiger partial charge is 0.497 e. The summed E-state index contributed by atoms with van der Waals surface area (Å²) in [7, 11) is -2.33. The fraction of sp³-hybridized carbons (Fsp3) is 0.297. The third-order valence-electron chi connectivity index (χ3n) is 7.63. The normalized spacial score (nSPS) is 13.0. The van der Waals surface area contributed by atoms with Gasteiger partial charge in [-0.3, -0.25) is 4.79 Å². The predicted molar refractivity (Wildman–Crippen MR) is 190 cm³/mol. The third kappa shape index (κ3) is 10.8. The van der Waals surface area contributed by atoms with Gasteiger partial charge in [0.1, 0.15) is 24.0 Å².